The summed E-state index contributed by atoms with van der Waals surface area (Å²) in [5, 5.41) is 0. The summed E-state index contributed by atoms with van der Waals surface area (Å²) in [5.41, 5.74) is 2.86. The first-order valence-corrected chi connectivity index (χ1v) is 7.31. The Balaban J connectivity index is 1.62. The van der Waals surface area contributed by atoms with Gasteiger partial charge in [-0.25, -0.2) is 0 Å². The van der Waals surface area contributed by atoms with E-state index in [1.165, 1.54) is 30.6 Å². The van der Waals surface area contributed by atoms with E-state index in [1.807, 2.05) is 0 Å². The Bertz CT molecular complexity index is 521. The average Bonchev–Trinajstić information content (AvgIpc) is 2.89. The van der Waals surface area contributed by atoms with Crippen molar-refractivity contribution in [2.24, 2.45) is 0 Å². The molecule has 1 aliphatic heterocycles. The quantitative estimate of drug-likeness (QED) is 0.825. The minimum Gasteiger partial charge on any atom is -0.298 e. The lowest BCUT2D eigenvalue weighted by Crippen LogP contribution is -2.19. The van der Waals surface area contributed by atoms with Crippen LogP contribution in [0.5, 0.6) is 0 Å². The Morgan fingerprint density at radius 3 is 2.47 bits per heavy atom. The summed E-state index contributed by atoms with van der Waals surface area (Å²) in [5.74, 6) is 0.678. The zero-order valence-electron chi connectivity index (χ0n) is 11.0. The molecule has 1 atom stereocenters. The lowest BCUT2D eigenvalue weighted by Gasteiger charge is -2.16. The van der Waals surface area contributed by atoms with Crippen molar-refractivity contribution < 1.29 is 0 Å². The summed E-state index contributed by atoms with van der Waals surface area (Å²) >= 11 is 4.35. The van der Waals surface area contributed by atoms with Crippen LogP contribution < -0.4 is 0 Å². The average molecular weight is 269 g/mol. The molecule has 0 radical (unpaired) electrons. The molecule has 0 bridgehead atoms. The highest BCUT2D eigenvalue weighted by atomic mass is 32.1. The van der Waals surface area contributed by atoms with Crippen molar-refractivity contribution in [1.29, 1.82) is 0 Å². The van der Waals surface area contributed by atoms with Gasteiger partial charge < -0.3 is 0 Å². The second-order valence-corrected chi connectivity index (χ2v) is 5.81. The van der Waals surface area contributed by atoms with Crippen LogP contribution in [0.25, 0.3) is 0 Å². The SMILES string of the molecule is Sc1ccc(C2CCN(Cc3ccccc3)C2)cc1. The van der Waals surface area contributed by atoms with Crippen LogP contribution in [0, 0.1) is 0 Å². The summed E-state index contributed by atoms with van der Waals surface area (Å²) in [6.07, 6.45) is 1.26. The highest BCUT2D eigenvalue weighted by Crippen LogP contribution is 2.28. The van der Waals surface area contributed by atoms with E-state index in [4.69, 9.17) is 0 Å². The second kappa shape index (κ2) is 5.81. The smallest absolute Gasteiger partial charge is 0.0233 e. The maximum atomic E-state index is 4.35. The van der Waals surface area contributed by atoms with Gasteiger partial charge in [0.05, 0.1) is 0 Å². The molecule has 98 valence electrons. The first-order chi connectivity index (χ1) is 9.31. The fourth-order valence-electron chi connectivity index (χ4n) is 2.84. The van der Waals surface area contributed by atoms with Crippen molar-refractivity contribution in [3.05, 3.63) is 65.7 Å². The predicted molar refractivity (Wildman–Crippen MR) is 82.8 cm³/mol. The highest BCUT2D eigenvalue weighted by Gasteiger charge is 2.23. The Hall–Kier alpha value is -1.25. The van der Waals surface area contributed by atoms with E-state index in [0.29, 0.717) is 5.92 Å². The molecule has 1 saturated heterocycles. The van der Waals surface area contributed by atoms with Crippen LogP contribution >= 0.6 is 12.6 Å². The van der Waals surface area contributed by atoms with Gasteiger partial charge in [-0.2, -0.15) is 0 Å². The fraction of sp³-hybridized carbons (Fsp3) is 0.294. The molecule has 1 aliphatic rings. The second-order valence-electron chi connectivity index (χ2n) is 5.30. The van der Waals surface area contributed by atoms with Crippen LogP contribution in [0.15, 0.2) is 59.5 Å². The van der Waals surface area contributed by atoms with Crippen LogP contribution in [0.3, 0.4) is 0 Å². The number of hydrogen-bond acceptors (Lipinski definition) is 2. The van der Waals surface area contributed by atoms with Crippen LogP contribution in [0.1, 0.15) is 23.5 Å². The first-order valence-electron chi connectivity index (χ1n) is 6.86. The molecule has 2 aromatic rings. The number of nitrogens with zero attached hydrogens (tertiary/aromatic N) is 1. The van der Waals surface area contributed by atoms with Gasteiger partial charge >= 0.3 is 0 Å². The van der Waals surface area contributed by atoms with E-state index in [2.05, 4.69) is 72.1 Å². The van der Waals surface area contributed by atoms with Crippen molar-refractivity contribution in [3.8, 4) is 0 Å². The Morgan fingerprint density at radius 2 is 1.74 bits per heavy atom. The zero-order chi connectivity index (χ0) is 13.1. The van der Waals surface area contributed by atoms with Gasteiger partial charge in [-0.15, -0.1) is 12.6 Å². The van der Waals surface area contributed by atoms with Gasteiger partial charge in [0, 0.05) is 18.0 Å². The number of likely N-dealkylation sites (tertiary alicyclic amines) is 1. The molecule has 0 saturated carbocycles. The lowest BCUT2D eigenvalue weighted by molar-refractivity contribution is 0.327. The van der Waals surface area contributed by atoms with Gasteiger partial charge in [0.2, 0.25) is 0 Å². The van der Waals surface area contributed by atoms with E-state index in [1.54, 1.807) is 0 Å². The Labute approximate surface area is 120 Å². The molecular weight excluding hydrogens is 250 g/mol. The molecule has 2 heteroatoms. The molecule has 0 amide bonds. The fourth-order valence-corrected chi connectivity index (χ4v) is 2.99. The van der Waals surface area contributed by atoms with Gasteiger partial charge in [-0.1, -0.05) is 42.5 Å². The molecule has 1 nitrogen and oxygen atoms in total. The van der Waals surface area contributed by atoms with Crippen molar-refractivity contribution >= 4 is 12.6 Å². The minimum atomic E-state index is 0.678. The topological polar surface area (TPSA) is 3.24 Å². The standard InChI is InChI=1S/C17H19NS/c19-17-8-6-15(7-9-17)16-10-11-18(13-16)12-14-4-2-1-3-5-14/h1-9,16,19H,10-13H2. The number of thiol groups is 1. The third-order valence-corrected chi connectivity index (χ3v) is 4.18. The van der Waals surface area contributed by atoms with Crippen molar-refractivity contribution in [2.75, 3.05) is 13.1 Å². The van der Waals surface area contributed by atoms with E-state index in [0.717, 1.165) is 11.4 Å². The molecule has 0 N–H and O–H groups in total. The minimum absolute atomic E-state index is 0.678. The Morgan fingerprint density at radius 1 is 1.00 bits per heavy atom. The number of benzene rings is 2. The van der Waals surface area contributed by atoms with E-state index >= 15 is 0 Å². The molecule has 0 aromatic heterocycles. The lowest BCUT2D eigenvalue weighted by atomic mass is 9.99. The van der Waals surface area contributed by atoms with Crippen molar-refractivity contribution in [1.82, 2.24) is 4.90 Å². The summed E-state index contributed by atoms with van der Waals surface area (Å²) in [7, 11) is 0. The van der Waals surface area contributed by atoms with Gasteiger partial charge in [0.25, 0.3) is 0 Å². The maximum Gasteiger partial charge on any atom is 0.0233 e. The van der Waals surface area contributed by atoms with Gasteiger partial charge in [0.1, 0.15) is 0 Å². The van der Waals surface area contributed by atoms with Gasteiger partial charge in [-0.3, -0.25) is 4.90 Å². The van der Waals surface area contributed by atoms with Crippen LogP contribution in [0.2, 0.25) is 0 Å². The summed E-state index contributed by atoms with van der Waals surface area (Å²) < 4.78 is 0. The van der Waals surface area contributed by atoms with E-state index in [9.17, 15) is 0 Å². The van der Waals surface area contributed by atoms with E-state index in [-0.39, 0.29) is 0 Å². The van der Waals surface area contributed by atoms with Crippen molar-refractivity contribution in [3.63, 3.8) is 0 Å². The molecule has 1 fully saturated rings. The molecule has 0 aliphatic carbocycles. The molecule has 3 rings (SSSR count). The summed E-state index contributed by atoms with van der Waals surface area (Å²) in [4.78, 5) is 3.59. The largest absolute Gasteiger partial charge is 0.298 e. The predicted octanol–water partition coefficient (Wildman–Crippen LogP) is 3.96. The molecule has 2 aromatic carbocycles. The Kier molecular flexibility index (Phi) is 3.90. The third-order valence-electron chi connectivity index (χ3n) is 3.89. The van der Waals surface area contributed by atoms with Gasteiger partial charge in [-0.05, 0) is 42.1 Å². The van der Waals surface area contributed by atoms with Crippen LogP contribution in [-0.4, -0.2) is 18.0 Å². The van der Waals surface area contributed by atoms with Crippen LogP contribution in [-0.2, 0) is 6.54 Å². The number of hydrogen-bond donors (Lipinski definition) is 1. The molecular formula is C17H19NS. The van der Waals surface area contributed by atoms with Crippen LogP contribution in [0.4, 0.5) is 0 Å². The summed E-state index contributed by atoms with van der Waals surface area (Å²) in [6.45, 7) is 3.44. The molecule has 1 unspecified atom stereocenters. The third kappa shape index (κ3) is 3.20. The molecule has 19 heavy (non-hydrogen) atoms. The first kappa shape index (κ1) is 12.8. The normalized spacial score (nSPS) is 19.7. The highest BCUT2D eigenvalue weighted by molar-refractivity contribution is 7.80. The van der Waals surface area contributed by atoms with E-state index < -0.39 is 0 Å². The monoisotopic (exact) mass is 269 g/mol. The van der Waals surface area contributed by atoms with Crippen molar-refractivity contribution in [2.45, 2.75) is 23.8 Å². The number of rotatable bonds is 3. The summed E-state index contributed by atoms with van der Waals surface area (Å²) in [6, 6.07) is 19.4. The maximum absolute atomic E-state index is 4.35. The molecule has 1 heterocycles. The zero-order valence-corrected chi connectivity index (χ0v) is 11.9. The van der Waals surface area contributed by atoms with Gasteiger partial charge in [0.15, 0.2) is 0 Å². The molecule has 0 spiro atoms.